The van der Waals surface area contributed by atoms with Crippen LogP contribution in [0.2, 0.25) is 0 Å². The van der Waals surface area contributed by atoms with E-state index in [1.54, 1.807) is 193 Å². The van der Waals surface area contributed by atoms with Crippen molar-refractivity contribution in [3.8, 4) is 0 Å². The van der Waals surface area contributed by atoms with Crippen LogP contribution in [0.25, 0.3) is 0 Å². The van der Waals surface area contributed by atoms with Gasteiger partial charge in [0, 0.05) is 0 Å². The SMILES string of the molecule is C[CH]=[Ni]([PH](C1CCCCC1)(C1CCCCC1)C1CCCCC1)[PH](C1CCCCC1)(C1CCCCC1)C1CCCCC1. The molecule has 0 saturated heterocycles. The molecule has 6 rings (SSSR count). The van der Waals surface area contributed by atoms with Crippen molar-refractivity contribution in [3.05, 3.63) is 0 Å². The summed E-state index contributed by atoms with van der Waals surface area (Å²) in [7, 11) is 0. The van der Waals surface area contributed by atoms with Gasteiger partial charge in [0.2, 0.25) is 0 Å². The van der Waals surface area contributed by atoms with E-state index >= 15 is 0 Å². The molecule has 0 amide bonds. The Labute approximate surface area is 261 Å². The summed E-state index contributed by atoms with van der Waals surface area (Å²) in [5, 5.41) is 0. The van der Waals surface area contributed by atoms with Crippen molar-refractivity contribution in [3.63, 3.8) is 0 Å². The van der Waals surface area contributed by atoms with Crippen LogP contribution in [0.1, 0.15) is 200 Å². The maximum atomic E-state index is 3.22. The zero-order valence-corrected chi connectivity index (χ0v) is 30.6. The van der Waals surface area contributed by atoms with Gasteiger partial charge in [0.05, 0.1) is 0 Å². The van der Waals surface area contributed by atoms with Crippen molar-refractivity contribution in [1.29, 1.82) is 0 Å². The molecule has 6 aliphatic carbocycles. The van der Waals surface area contributed by atoms with Gasteiger partial charge in [-0.25, -0.2) is 0 Å². The van der Waals surface area contributed by atoms with E-state index in [9.17, 15) is 0 Å². The fourth-order valence-electron chi connectivity index (χ4n) is 12.6. The van der Waals surface area contributed by atoms with E-state index in [4.69, 9.17) is 0 Å². The summed E-state index contributed by atoms with van der Waals surface area (Å²) in [6, 6.07) is -3.12. The van der Waals surface area contributed by atoms with Crippen molar-refractivity contribution in [1.82, 2.24) is 0 Å². The molecule has 6 aliphatic rings. The van der Waals surface area contributed by atoms with Crippen LogP contribution in [-0.2, 0) is 12.1 Å². The monoisotopic (exact) mass is 648 g/mol. The average molecular weight is 650 g/mol. The van der Waals surface area contributed by atoms with Crippen LogP contribution >= 0.6 is 12.1 Å². The zero-order chi connectivity index (χ0) is 28.0. The van der Waals surface area contributed by atoms with Crippen molar-refractivity contribution < 1.29 is 12.1 Å². The average Bonchev–Trinajstić information content (AvgIpc) is 3.07. The van der Waals surface area contributed by atoms with E-state index in [0.717, 1.165) is 0 Å². The summed E-state index contributed by atoms with van der Waals surface area (Å²) in [5.41, 5.74) is 7.31. The molecule has 0 unspecified atom stereocenters. The Balaban J connectivity index is 1.58. The van der Waals surface area contributed by atoms with Crippen molar-refractivity contribution in [2.45, 2.75) is 234 Å². The normalized spacial score (nSPS) is 29.7. The van der Waals surface area contributed by atoms with Gasteiger partial charge in [-0.1, -0.05) is 0 Å². The molecule has 0 N–H and O–H groups in total. The van der Waals surface area contributed by atoms with Crippen molar-refractivity contribution in [2.24, 2.45) is 0 Å². The van der Waals surface area contributed by atoms with Crippen LogP contribution < -0.4 is 0 Å². The first-order chi connectivity index (χ1) is 20.3. The zero-order valence-electron chi connectivity index (χ0n) is 27.6. The van der Waals surface area contributed by atoms with Crippen LogP contribution in [-0.4, -0.2) is 38.9 Å². The van der Waals surface area contributed by atoms with E-state index in [1.165, 1.54) is 34.0 Å². The van der Waals surface area contributed by atoms with E-state index in [1.807, 2.05) is 0 Å². The fraction of sp³-hybridized carbons (Fsp3) is 0.974. The predicted molar refractivity (Wildman–Crippen MR) is 190 cm³/mol. The molecule has 0 nitrogen and oxygen atoms in total. The predicted octanol–water partition coefficient (Wildman–Crippen LogP) is 12.8. The van der Waals surface area contributed by atoms with Crippen LogP contribution in [0.15, 0.2) is 0 Å². The second kappa shape index (κ2) is 15.7. The van der Waals surface area contributed by atoms with E-state index in [0.29, 0.717) is 12.1 Å². The summed E-state index contributed by atoms with van der Waals surface area (Å²) < 4.78 is 0. The fourth-order valence-corrected chi connectivity index (χ4v) is 60.5. The Kier molecular flexibility index (Phi) is 12.3. The molecule has 0 aliphatic heterocycles. The molecule has 41 heavy (non-hydrogen) atoms. The van der Waals surface area contributed by atoms with Crippen molar-refractivity contribution >= 4 is 17.1 Å². The Bertz CT molecular complexity index is 645. The number of rotatable bonds is 8. The van der Waals surface area contributed by atoms with Crippen molar-refractivity contribution in [2.75, 3.05) is 0 Å². The molecule has 0 radical (unpaired) electrons. The summed E-state index contributed by atoms with van der Waals surface area (Å²) in [5.74, 6) is 0. The Morgan fingerprint density at radius 3 is 0.634 bits per heavy atom. The van der Waals surface area contributed by atoms with E-state index in [-0.39, 0.29) is 0 Å². The molecule has 0 aromatic carbocycles. The first kappa shape index (κ1) is 32.2. The van der Waals surface area contributed by atoms with Crippen LogP contribution in [0.4, 0.5) is 0 Å². The minimum absolute atomic E-state index is 0.525. The molecule has 0 atom stereocenters. The van der Waals surface area contributed by atoms with Gasteiger partial charge < -0.3 is 0 Å². The summed E-state index contributed by atoms with van der Waals surface area (Å²) in [6.07, 6.45) is 48.9. The topological polar surface area (TPSA) is 0 Å². The van der Waals surface area contributed by atoms with Gasteiger partial charge in [0.15, 0.2) is 0 Å². The quantitative estimate of drug-likeness (QED) is 0.181. The first-order valence-electron chi connectivity index (χ1n) is 19.7. The number of hydrogen-bond donors (Lipinski definition) is 0. The molecule has 6 saturated carbocycles. The molecule has 6 fully saturated rings. The third-order valence-corrected chi connectivity index (χ3v) is 47.5. The molecular weight excluding hydrogens is 577 g/mol. The molecular formula is C38H72NiP2. The molecule has 0 spiro atoms. The third kappa shape index (κ3) is 6.44. The van der Waals surface area contributed by atoms with Gasteiger partial charge in [-0.05, 0) is 0 Å². The van der Waals surface area contributed by atoms with Gasteiger partial charge in [-0.3, -0.25) is 0 Å². The second-order valence-electron chi connectivity index (χ2n) is 16.0. The van der Waals surface area contributed by atoms with Crippen LogP contribution in [0.5, 0.6) is 0 Å². The summed E-state index contributed by atoms with van der Waals surface area (Å²) >= 11 is 0.525. The molecule has 244 valence electrons. The molecule has 3 heteroatoms. The van der Waals surface area contributed by atoms with E-state index < -0.39 is 12.1 Å². The van der Waals surface area contributed by atoms with Crippen LogP contribution in [0, 0.1) is 0 Å². The molecule has 0 bridgehead atoms. The first-order valence-corrected chi connectivity index (χ1v) is 27.3. The Morgan fingerprint density at radius 2 is 0.488 bits per heavy atom. The number of hydrogen-bond acceptors (Lipinski definition) is 0. The Morgan fingerprint density at radius 1 is 0.317 bits per heavy atom. The van der Waals surface area contributed by atoms with E-state index in [2.05, 4.69) is 11.9 Å². The summed E-state index contributed by atoms with van der Waals surface area (Å²) in [4.78, 5) is 3.22. The van der Waals surface area contributed by atoms with Gasteiger partial charge >= 0.3 is 263 Å². The molecule has 0 heterocycles. The minimum atomic E-state index is -1.56. The molecule has 0 aromatic heterocycles. The second-order valence-corrected chi connectivity index (χ2v) is 34.6. The molecule has 0 aromatic rings. The van der Waals surface area contributed by atoms with Crippen LogP contribution in [0.3, 0.4) is 0 Å². The van der Waals surface area contributed by atoms with Gasteiger partial charge in [-0.2, -0.15) is 0 Å². The summed E-state index contributed by atoms with van der Waals surface area (Å²) in [6.45, 7) is 2.75. The van der Waals surface area contributed by atoms with Gasteiger partial charge in [-0.15, -0.1) is 0 Å². The third-order valence-electron chi connectivity index (χ3n) is 14.0. The van der Waals surface area contributed by atoms with Gasteiger partial charge in [0.1, 0.15) is 0 Å². The standard InChI is InChI=1S/2C18H33P.C2H4.Ni/c2*1-4-10-16(11-5-1)19(17-12-6-2-7-13-17)18-14-8-3-9-15-18;1-2;/h2*16-18H,1-15H2;1H,2H3;/q;;;-2/p+2. The Hall–Kier alpha value is 1.22. The maximum absolute atomic E-state index is 3.22. The van der Waals surface area contributed by atoms with Gasteiger partial charge in [0.25, 0.3) is 0 Å².